The van der Waals surface area contributed by atoms with Crippen LogP contribution in [-0.2, 0) is 22.6 Å². The Morgan fingerprint density at radius 1 is 0.739 bits per heavy atom. The lowest BCUT2D eigenvalue weighted by Crippen LogP contribution is -2.32. The molecule has 0 aromatic heterocycles. The van der Waals surface area contributed by atoms with Gasteiger partial charge in [-0.1, -0.05) is 60.7 Å². The van der Waals surface area contributed by atoms with Crippen LogP contribution in [0.4, 0.5) is 0 Å². The molecule has 0 saturated carbocycles. The molecule has 0 unspecified atom stereocenters. The van der Waals surface area contributed by atoms with Gasteiger partial charge in [0.15, 0.2) is 0 Å². The van der Waals surface area contributed by atoms with Crippen LogP contribution < -0.4 is 0 Å². The first-order valence-electron chi connectivity index (χ1n) is 8.36. The highest BCUT2D eigenvalue weighted by molar-refractivity contribution is 5.17. The van der Waals surface area contributed by atoms with Gasteiger partial charge in [0.25, 0.3) is 0 Å². The maximum atomic E-state index is 5.66. The summed E-state index contributed by atoms with van der Waals surface area (Å²) in [7, 11) is 0. The Balaban J connectivity index is 1.67. The molecule has 3 heteroatoms. The summed E-state index contributed by atoms with van der Waals surface area (Å²) in [5, 5.41) is 0. The lowest BCUT2D eigenvalue weighted by molar-refractivity contribution is 0.0988. The minimum Gasteiger partial charge on any atom is -0.379 e. The Kier molecular flexibility index (Phi) is 6.21. The normalized spacial score (nSPS) is 16.4. The van der Waals surface area contributed by atoms with Crippen LogP contribution in [0, 0.1) is 5.92 Å². The zero-order valence-corrected chi connectivity index (χ0v) is 13.6. The lowest BCUT2D eigenvalue weighted by Gasteiger charge is -2.26. The van der Waals surface area contributed by atoms with Crippen molar-refractivity contribution in [3.63, 3.8) is 0 Å². The molecule has 1 aliphatic heterocycles. The first-order valence-corrected chi connectivity index (χ1v) is 8.36. The van der Waals surface area contributed by atoms with Gasteiger partial charge in [-0.2, -0.15) is 0 Å². The third kappa shape index (κ3) is 5.47. The van der Waals surface area contributed by atoms with E-state index in [0.29, 0.717) is 19.1 Å². The second kappa shape index (κ2) is 8.82. The summed E-state index contributed by atoms with van der Waals surface area (Å²) in [4.78, 5) is 2.49. The molecule has 1 aliphatic rings. The van der Waals surface area contributed by atoms with Gasteiger partial charge in [-0.05, 0) is 11.1 Å². The molecule has 0 amide bonds. The lowest BCUT2D eigenvalue weighted by atomic mass is 10.1. The maximum Gasteiger partial charge on any atom is 0.0700 e. The van der Waals surface area contributed by atoms with Crippen molar-refractivity contribution >= 4 is 0 Å². The van der Waals surface area contributed by atoms with Gasteiger partial charge < -0.3 is 9.47 Å². The van der Waals surface area contributed by atoms with Gasteiger partial charge in [0.05, 0.1) is 26.4 Å². The Morgan fingerprint density at radius 3 is 1.70 bits per heavy atom. The molecule has 122 valence electrons. The van der Waals surface area contributed by atoms with E-state index in [1.165, 1.54) is 11.1 Å². The standard InChI is InChI=1S/C20H25NO2/c1-3-7-18(8-4-1)13-21(14-19-9-5-2-6-10-19)15-20-16-22-11-12-23-17-20/h1-10,20H,11-17H2. The van der Waals surface area contributed by atoms with Crippen molar-refractivity contribution in [2.24, 2.45) is 5.92 Å². The summed E-state index contributed by atoms with van der Waals surface area (Å²) in [5.74, 6) is 0.435. The van der Waals surface area contributed by atoms with Gasteiger partial charge in [0, 0.05) is 25.6 Å². The molecule has 23 heavy (non-hydrogen) atoms. The summed E-state index contributed by atoms with van der Waals surface area (Å²) in [6, 6.07) is 21.3. The predicted molar refractivity (Wildman–Crippen MR) is 92.1 cm³/mol. The topological polar surface area (TPSA) is 21.7 Å². The molecule has 1 saturated heterocycles. The van der Waals surface area contributed by atoms with Crippen molar-refractivity contribution in [3.05, 3.63) is 71.8 Å². The van der Waals surface area contributed by atoms with Gasteiger partial charge in [0.2, 0.25) is 0 Å². The van der Waals surface area contributed by atoms with Gasteiger partial charge in [-0.15, -0.1) is 0 Å². The minimum atomic E-state index is 0.435. The monoisotopic (exact) mass is 311 g/mol. The zero-order valence-electron chi connectivity index (χ0n) is 13.6. The maximum absolute atomic E-state index is 5.66. The third-order valence-electron chi connectivity index (χ3n) is 4.09. The molecule has 1 heterocycles. The largest absolute Gasteiger partial charge is 0.379 e. The summed E-state index contributed by atoms with van der Waals surface area (Å²) in [5.41, 5.74) is 2.69. The Hall–Kier alpha value is -1.68. The molecule has 2 aromatic carbocycles. The number of ether oxygens (including phenoxy) is 2. The summed E-state index contributed by atoms with van der Waals surface area (Å²) in [6.45, 7) is 5.91. The smallest absolute Gasteiger partial charge is 0.0700 e. The van der Waals surface area contributed by atoms with E-state index in [2.05, 4.69) is 65.6 Å². The Bertz CT molecular complexity index is 509. The highest BCUT2D eigenvalue weighted by Gasteiger charge is 2.18. The molecule has 0 aliphatic carbocycles. The fraction of sp³-hybridized carbons (Fsp3) is 0.400. The van der Waals surface area contributed by atoms with Gasteiger partial charge in [0.1, 0.15) is 0 Å². The Morgan fingerprint density at radius 2 is 1.22 bits per heavy atom. The first kappa shape index (κ1) is 16.2. The molecule has 3 rings (SSSR count). The highest BCUT2D eigenvalue weighted by atomic mass is 16.5. The summed E-state index contributed by atoms with van der Waals surface area (Å²) in [6.07, 6.45) is 0. The van der Waals surface area contributed by atoms with Crippen LogP contribution in [-0.4, -0.2) is 37.9 Å². The molecular weight excluding hydrogens is 286 g/mol. The van der Waals surface area contributed by atoms with Gasteiger partial charge in [-0.25, -0.2) is 0 Å². The van der Waals surface area contributed by atoms with E-state index in [-0.39, 0.29) is 0 Å². The number of hydrogen-bond donors (Lipinski definition) is 0. The van der Waals surface area contributed by atoms with Crippen LogP contribution in [0.25, 0.3) is 0 Å². The molecule has 2 aromatic rings. The van der Waals surface area contributed by atoms with Crippen LogP contribution >= 0.6 is 0 Å². The van der Waals surface area contributed by atoms with E-state index in [4.69, 9.17) is 9.47 Å². The van der Waals surface area contributed by atoms with E-state index in [1.807, 2.05) is 0 Å². The summed E-state index contributed by atoms with van der Waals surface area (Å²) >= 11 is 0. The highest BCUT2D eigenvalue weighted by Crippen LogP contribution is 2.14. The fourth-order valence-electron chi connectivity index (χ4n) is 3.00. The molecule has 0 spiro atoms. The molecule has 1 fully saturated rings. The van der Waals surface area contributed by atoms with Crippen molar-refractivity contribution < 1.29 is 9.47 Å². The number of rotatable bonds is 6. The molecule has 0 bridgehead atoms. The Labute approximate surface area is 138 Å². The third-order valence-corrected chi connectivity index (χ3v) is 4.09. The minimum absolute atomic E-state index is 0.435. The molecule has 0 radical (unpaired) electrons. The van der Waals surface area contributed by atoms with Crippen molar-refractivity contribution in [1.82, 2.24) is 4.90 Å². The molecule has 0 N–H and O–H groups in total. The van der Waals surface area contributed by atoms with E-state index in [0.717, 1.165) is 32.8 Å². The molecule has 3 nitrogen and oxygen atoms in total. The molecular formula is C20H25NO2. The van der Waals surface area contributed by atoms with Crippen LogP contribution in [0.3, 0.4) is 0 Å². The molecule has 0 atom stereocenters. The second-order valence-electron chi connectivity index (χ2n) is 6.16. The van der Waals surface area contributed by atoms with E-state index in [9.17, 15) is 0 Å². The van der Waals surface area contributed by atoms with Crippen molar-refractivity contribution in [3.8, 4) is 0 Å². The van der Waals surface area contributed by atoms with Crippen LogP contribution in [0.15, 0.2) is 60.7 Å². The van der Waals surface area contributed by atoms with Gasteiger partial charge >= 0.3 is 0 Å². The number of nitrogens with zero attached hydrogens (tertiary/aromatic N) is 1. The van der Waals surface area contributed by atoms with Crippen molar-refractivity contribution in [2.45, 2.75) is 13.1 Å². The number of benzene rings is 2. The average molecular weight is 311 g/mol. The fourth-order valence-corrected chi connectivity index (χ4v) is 3.00. The number of hydrogen-bond acceptors (Lipinski definition) is 3. The van der Waals surface area contributed by atoms with E-state index >= 15 is 0 Å². The van der Waals surface area contributed by atoms with E-state index < -0.39 is 0 Å². The van der Waals surface area contributed by atoms with Crippen LogP contribution in [0.5, 0.6) is 0 Å². The SMILES string of the molecule is c1ccc(CN(Cc2ccccc2)CC2COCCOC2)cc1. The van der Waals surface area contributed by atoms with Crippen LogP contribution in [0.1, 0.15) is 11.1 Å². The predicted octanol–water partition coefficient (Wildman–Crippen LogP) is 3.35. The van der Waals surface area contributed by atoms with Crippen LogP contribution in [0.2, 0.25) is 0 Å². The average Bonchev–Trinajstić information content (AvgIpc) is 2.85. The summed E-state index contributed by atoms with van der Waals surface area (Å²) < 4.78 is 11.3. The van der Waals surface area contributed by atoms with Gasteiger partial charge in [-0.3, -0.25) is 4.90 Å². The van der Waals surface area contributed by atoms with Crippen molar-refractivity contribution in [2.75, 3.05) is 33.0 Å². The second-order valence-corrected chi connectivity index (χ2v) is 6.16. The first-order chi connectivity index (χ1) is 11.4. The van der Waals surface area contributed by atoms with E-state index in [1.54, 1.807) is 0 Å². The zero-order chi connectivity index (χ0) is 15.7. The quantitative estimate of drug-likeness (QED) is 0.816. The van der Waals surface area contributed by atoms with Crippen molar-refractivity contribution in [1.29, 1.82) is 0 Å².